The van der Waals surface area contributed by atoms with E-state index in [1.165, 1.54) is 16.7 Å². The summed E-state index contributed by atoms with van der Waals surface area (Å²) in [5.74, 6) is 1.40. The molecule has 0 radical (unpaired) electrons. The standard InChI is InChI=1S/C16H23N3O/c1-11-5-6-13(9-12(11)2)10-14-18-15(20-19-14)7-8-16(3,4)17/h5-6,9H,7-8,10,17H2,1-4H3. The molecule has 0 aliphatic carbocycles. The summed E-state index contributed by atoms with van der Waals surface area (Å²) in [5.41, 5.74) is 9.54. The summed E-state index contributed by atoms with van der Waals surface area (Å²) in [6.45, 7) is 8.22. The molecular formula is C16H23N3O. The Balaban J connectivity index is 2.00. The van der Waals surface area contributed by atoms with Crippen LogP contribution >= 0.6 is 0 Å². The second kappa shape index (κ2) is 5.75. The molecule has 1 heterocycles. The fourth-order valence-electron chi connectivity index (χ4n) is 1.99. The second-order valence-electron chi connectivity index (χ2n) is 6.19. The molecule has 0 unspecified atom stereocenters. The maximum atomic E-state index is 5.95. The van der Waals surface area contributed by atoms with E-state index in [0.29, 0.717) is 12.3 Å². The molecule has 0 amide bonds. The zero-order chi connectivity index (χ0) is 14.8. The van der Waals surface area contributed by atoms with E-state index in [9.17, 15) is 0 Å². The van der Waals surface area contributed by atoms with Gasteiger partial charge in [-0.3, -0.25) is 0 Å². The molecule has 4 heteroatoms. The number of hydrogen-bond donors (Lipinski definition) is 1. The third-order valence-electron chi connectivity index (χ3n) is 3.43. The van der Waals surface area contributed by atoms with Gasteiger partial charge in [-0.1, -0.05) is 23.4 Å². The van der Waals surface area contributed by atoms with Crippen molar-refractivity contribution < 1.29 is 4.52 Å². The fraction of sp³-hybridized carbons (Fsp3) is 0.500. The van der Waals surface area contributed by atoms with Crippen LogP contribution in [0, 0.1) is 13.8 Å². The van der Waals surface area contributed by atoms with Gasteiger partial charge in [-0.2, -0.15) is 4.98 Å². The highest BCUT2D eigenvalue weighted by atomic mass is 16.5. The molecule has 0 fully saturated rings. The van der Waals surface area contributed by atoms with E-state index in [0.717, 1.165) is 18.7 Å². The highest BCUT2D eigenvalue weighted by Gasteiger charge is 2.14. The molecule has 1 aromatic carbocycles. The van der Waals surface area contributed by atoms with Gasteiger partial charge in [0, 0.05) is 18.4 Å². The van der Waals surface area contributed by atoms with Crippen molar-refractivity contribution in [3.8, 4) is 0 Å². The van der Waals surface area contributed by atoms with Crippen molar-refractivity contribution in [1.29, 1.82) is 0 Å². The van der Waals surface area contributed by atoms with Crippen LogP contribution in [0.25, 0.3) is 0 Å². The quantitative estimate of drug-likeness (QED) is 0.909. The topological polar surface area (TPSA) is 64.9 Å². The van der Waals surface area contributed by atoms with E-state index < -0.39 is 0 Å². The van der Waals surface area contributed by atoms with Crippen LogP contribution in [0.5, 0.6) is 0 Å². The van der Waals surface area contributed by atoms with Gasteiger partial charge in [0.05, 0.1) is 0 Å². The summed E-state index contributed by atoms with van der Waals surface area (Å²) in [5, 5.41) is 4.04. The number of aromatic nitrogens is 2. The van der Waals surface area contributed by atoms with Crippen LogP contribution < -0.4 is 5.73 Å². The zero-order valence-electron chi connectivity index (χ0n) is 12.7. The zero-order valence-corrected chi connectivity index (χ0v) is 12.7. The predicted octanol–water partition coefficient (Wildman–Crippen LogP) is 2.95. The second-order valence-corrected chi connectivity index (χ2v) is 6.19. The van der Waals surface area contributed by atoms with E-state index in [1.54, 1.807) is 0 Å². The first kappa shape index (κ1) is 14.7. The highest BCUT2D eigenvalue weighted by molar-refractivity contribution is 5.31. The maximum absolute atomic E-state index is 5.95. The van der Waals surface area contributed by atoms with Crippen molar-refractivity contribution >= 4 is 0 Å². The molecule has 4 nitrogen and oxygen atoms in total. The summed E-state index contributed by atoms with van der Waals surface area (Å²) in [6.07, 6.45) is 2.26. The summed E-state index contributed by atoms with van der Waals surface area (Å²) in [6, 6.07) is 6.42. The van der Waals surface area contributed by atoms with Gasteiger partial charge in [0.15, 0.2) is 5.82 Å². The average Bonchev–Trinajstić information content (AvgIpc) is 2.78. The number of benzene rings is 1. The van der Waals surface area contributed by atoms with E-state index in [1.807, 2.05) is 13.8 Å². The minimum absolute atomic E-state index is 0.206. The minimum Gasteiger partial charge on any atom is -0.339 e. The van der Waals surface area contributed by atoms with Gasteiger partial charge in [0.1, 0.15) is 0 Å². The van der Waals surface area contributed by atoms with Crippen molar-refractivity contribution in [1.82, 2.24) is 10.1 Å². The van der Waals surface area contributed by atoms with Gasteiger partial charge in [-0.25, -0.2) is 0 Å². The van der Waals surface area contributed by atoms with Crippen LogP contribution in [0.2, 0.25) is 0 Å². The molecule has 0 aliphatic heterocycles. The Morgan fingerprint density at radius 3 is 2.60 bits per heavy atom. The fourth-order valence-corrected chi connectivity index (χ4v) is 1.99. The first-order valence-electron chi connectivity index (χ1n) is 7.00. The first-order valence-corrected chi connectivity index (χ1v) is 7.00. The summed E-state index contributed by atoms with van der Waals surface area (Å²) in [4.78, 5) is 4.43. The van der Waals surface area contributed by atoms with E-state index in [2.05, 4.69) is 42.2 Å². The lowest BCUT2D eigenvalue weighted by molar-refractivity contribution is 0.355. The van der Waals surface area contributed by atoms with E-state index >= 15 is 0 Å². The minimum atomic E-state index is -0.206. The molecule has 20 heavy (non-hydrogen) atoms. The molecule has 1 aromatic heterocycles. The number of aryl methyl sites for hydroxylation is 3. The van der Waals surface area contributed by atoms with Gasteiger partial charge >= 0.3 is 0 Å². The number of hydrogen-bond acceptors (Lipinski definition) is 4. The predicted molar refractivity (Wildman–Crippen MR) is 79.6 cm³/mol. The Kier molecular flexibility index (Phi) is 4.23. The molecule has 0 spiro atoms. The first-order chi connectivity index (χ1) is 9.33. The van der Waals surface area contributed by atoms with Gasteiger partial charge < -0.3 is 10.3 Å². The van der Waals surface area contributed by atoms with Crippen LogP contribution in [-0.4, -0.2) is 15.7 Å². The molecule has 0 saturated heterocycles. The summed E-state index contributed by atoms with van der Waals surface area (Å²) in [7, 11) is 0. The number of nitrogens with zero attached hydrogens (tertiary/aromatic N) is 2. The Bertz CT molecular complexity index is 582. The Hall–Kier alpha value is -1.68. The van der Waals surface area contributed by atoms with Crippen molar-refractivity contribution in [2.24, 2.45) is 5.73 Å². The smallest absolute Gasteiger partial charge is 0.226 e. The molecule has 0 saturated carbocycles. The van der Waals surface area contributed by atoms with Crippen molar-refractivity contribution in [3.63, 3.8) is 0 Å². The lowest BCUT2D eigenvalue weighted by Crippen LogP contribution is -2.32. The van der Waals surface area contributed by atoms with E-state index in [-0.39, 0.29) is 5.54 Å². The van der Waals surface area contributed by atoms with Crippen molar-refractivity contribution in [2.45, 2.75) is 52.5 Å². The van der Waals surface area contributed by atoms with Crippen LogP contribution in [0.4, 0.5) is 0 Å². The SMILES string of the molecule is Cc1ccc(Cc2noc(CCC(C)(C)N)n2)cc1C. The highest BCUT2D eigenvalue weighted by Crippen LogP contribution is 2.14. The van der Waals surface area contributed by atoms with Crippen molar-refractivity contribution in [3.05, 3.63) is 46.6 Å². The van der Waals surface area contributed by atoms with Crippen LogP contribution in [0.3, 0.4) is 0 Å². The number of rotatable bonds is 5. The average molecular weight is 273 g/mol. The normalized spacial score (nSPS) is 11.8. The van der Waals surface area contributed by atoms with Gasteiger partial charge in [-0.05, 0) is 50.8 Å². The Morgan fingerprint density at radius 2 is 1.95 bits per heavy atom. The lowest BCUT2D eigenvalue weighted by Gasteiger charge is -2.16. The monoisotopic (exact) mass is 273 g/mol. The molecule has 108 valence electrons. The molecule has 2 rings (SSSR count). The van der Waals surface area contributed by atoms with Crippen LogP contribution in [-0.2, 0) is 12.8 Å². The lowest BCUT2D eigenvalue weighted by atomic mass is 10.0. The largest absolute Gasteiger partial charge is 0.339 e. The van der Waals surface area contributed by atoms with Gasteiger partial charge in [-0.15, -0.1) is 0 Å². The molecule has 2 aromatic rings. The van der Waals surface area contributed by atoms with Crippen molar-refractivity contribution in [2.75, 3.05) is 0 Å². The Labute approximate surface area is 120 Å². The van der Waals surface area contributed by atoms with Crippen LogP contribution in [0.1, 0.15) is 48.7 Å². The molecule has 0 atom stereocenters. The van der Waals surface area contributed by atoms with Gasteiger partial charge in [0.2, 0.25) is 5.89 Å². The molecule has 0 aliphatic rings. The maximum Gasteiger partial charge on any atom is 0.226 e. The van der Waals surface area contributed by atoms with Gasteiger partial charge in [0.25, 0.3) is 0 Å². The third-order valence-corrected chi connectivity index (χ3v) is 3.43. The molecular weight excluding hydrogens is 250 g/mol. The Morgan fingerprint density at radius 1 is 1.20 bits per heavy atom. The summed E-state index contributed by atoms with van der Waals surface area (Å²) < 4.78 is 5.27. The van der Waals surface area contributed by atoms with E-state index in [4.69, 9.17) is 10.3 Å². The molecule has 0 bridgehead atoms. The number of nitrogens with two attached hydrogens (primary N) is 1. The molecule has 2 N–H and O–H groups in total. The summed E-state index contributed by atoms with van der Waals surface area (Å²) >= 11 is 0. The van der Waals surface area contributed by atoms with Crippen LogP contribution in [0.15, 0.2) is 22.7 Å². The third kappa shape index (κ3) is 4.17.